The Morgan fingerprint density at radius 1 is 1.37 bits per heavy atom. The van der Waals surface area contributed by atoms with Crippen LogP contribution in [0.3, 0.4) is 0 Å². The number of aromatic nitrogens is 1. The molecule has 0 aliphatic carbocycles. The molecule has 0 spiro atoms. The van der Waals surface area contributed by atoms with Crippen LogP contribution in [0.2, 0.25) is 0 Å². The lowest BCUT2D eigenvalue weighted by atomic mass is 10.2. The number of thiazole rings is 1. The van der Waals surface area contributed by atoms with E-state index in [0.717, 1.165) is 28.6 Å². The third-order valence-electron chi connectivity index (χ3n) is 4.22. The molecular weight excluding hydrogens is 432 g/mol. The van der Waals surface area contributed by atoms with E-state index in [-0.39, 0.29) is 25.0 Å². The first kappa shape index (κ1) is 20.0. The number of ether oxygens (including phenoxy) is 2. The van der Waals surface area contributed by atoms with Crippen LogP contribution in [0.1, 0.15) is 26.2 Å². The predicted molar refractivity (Wildman–Crippen MR) is 108 cm³/mol. The van der Waals surface area contributed by atoms with E-state index < -0.39 is 5.97 Å². The van der Waals surface area contributed by atoms with E-state index in [0.29, 0.717) is 18.3 Å². The SMILES string of the molecule is CCC(=O)OCC(=O)N(C[C@H]1CCCO1)c1nc(-c2ccc(Br)cc2)cs1. The van der Waals surface area contributed by atoms with Crippen molar-refractivity contribution in [1.82, 2.24) is 4.98 Å². The second-order valence-corrected chi connectivity index (χ2v) is 7.93. The average molecular weight is 453 g/mol. The second kappa shape index (κ2) is 9.43. The fourth-order valence-corrected chi connectivity index (χ4v) is 3.87. The van der Waals surface area contributed by atoms with Gasteiger partial charge in [-0.15, -0.1) is 11.3 Å². The molecule has 1 aromatic carbocycles. The van der Waals surface area contributed by atoms with Crippen molar-refractivity contribution in [3.8, 4) is 11.3 Å². The molecule has 144 valence electrons. The Morgan fingerprint density at radius 3 is 2.81 bits per heavy atom. The number of benzene rings is 1. The van der Waals surface area contributed by atoms with Crippen LogP contribution >= 0.6 is 27.3 Å². The summed E-state index contributed by atoms with van der Waals surface area (Å²) in [6.45, 7) is 2.53. The number of halogens is 1. The predicted octanol–water partition coefficient (Wildman–Crippen LogP) is 4.04. The smallest absolute Gasteiger partial charge is 0.306 e. The van der Waals surface area contributed by atoms with Crippen LogP contribution in [-0.2, 0) is 19.1 Å². The van der Waals surface area contributed by atoms with Gasteiger partial charge < -0.3 is 9.47 Å². The van der Waals surface area contributed by atoms with Gasteiger partial charge in [0, 0.05) is 28.4 Å². The maximum Gasteiger partial charge on any atom is 0.306 e. The average Bonchev–Trinajstić information content (AvgIpc) is 3.36. The standard InChI is InChI=1S/C19H21BrN2O4S/c1-2-18(24)26-11-17(23)22(10-15-4-3-9-25-15)19-21-16(12-27-19)13-5-7-14(20)8-6-13/h5-8,12,15H,2-4,9-11H2,1H3/t15-/m1/s1. The van der Waals surface area contributed by atoms with Crippen molar-refractivity contribution in [1.29, 1.82) is 0 Å². The second-order valence-electron chi connectivity index (χ2n) is 6.18. The Bertz CT molecular complexity index is 787. The monoisotopic (exact) mass is 452 g/mol. The summed E-state index contributed by atoms with van der Waals surface area (Å²) in [4.78, 5) is 30.3. The van der Waals surface area contributed by atoms with Gasteiger partial charge in [0.1, 0.15) is 0 Å². The van der Waals surface area contributed by atoms with Crippen LogP contribution in [0, 0.1) is 0 Å². The van der Waals surface area contributed by atoms with Gasteiger partial charge in [0.15, 0.2) is 11.7 Å². The summed E-state index contributed by atoms with van der Waals surface area (Å²) in [6, 6.07) is 7.85. The first-order chi connectivity index (χ1) is 13.1. The van der Waals surface area contributed by atoms with Crippen molar-refractivity contribution in [2.45, 2.75) is 32.3 Å². The number of amides is 1. The van der Waals surface area contributed by atoms with Crippen molar-refractivity contribution < 1.29 is 19.1 Å². The Hall–Kier alpha value is -1.77. The summed E-state index contributed by atoms with van der Waals surface area (Å²) in [6.07, 6.45) is 2.11. The maximum atomic E-state index is 12.7. The Morgan fingerprint density at radius 2 is 2.15 bits per heavy atom. The molecule has 3 rings (SSSR count). The van der Waals surface area contributed by atoms with Crippen LogP contribution in [0.15, 0.2) is 34.1 Å². The molecule has 1 atom stereocenters. The van der Waals surface area contributed by atoms with Gasteiger partial charge in [-0.05, 0) is 25.0 Å². The van der Waals surface area contributed by atoms with Gasteiger partial charge in [-0.2, -0.15) is 0 Å². The molecule has 1 fully saturated rings. The van der Waals surface area contributed by atoms with Crippen molar-refractivity contribution in [3.05, 3.63) is 34.1 Å². The van der Waals surface area contributed by atoms with Crippen molar-refractivity contribution in [2.75, 3.05) is 24.7 Å². The number of rotatable bonds is 7. The van der Waals surface area contributed by atoms with Gasteiger partial charge in [-0.3, -0.25) is 14.5 Å². The zero-order valence-corrected chi connectivity index (χ0v) is 17.4. The van der Waals surface area contributed by atoms with E-state index in [9.17, 15) is 9.59 Å². The van der Waals surface area contributed by atoms with Crippen molar-refractivity contribution >= 4 is 44.3 Å². The van der Waals surface area contributed by atoms with E-state index in [1.807, 2.05) is 29.6 Å². The molecule has 0 bridgehead atoms. The highest BCUT2D eigenvalue weighted by molar-refractivity contribution is 9.10. The van der Waals surface area contributed by atoms with Gasteiger partial charge in [0.05, 0.1) is 18.3 Å². The van der Waals surface area contributed by atoms with Gasteiger partial charge in [-0.1, -0.05) is 35.0 Å². The number of esters is 1. The van der Waals surface area contributed by atoms with Crippen LogP contribution < -0.4 is 4.90 Å². The number of carbonyl (C=O) groups is 2. The molecule has 0 N–H and O–H groups in total. The molecule has 0 radical (unpaired) electrons. The summed E-state index contributed by atoms with van der Waals surface area (Å²) in [5.41, 5.74) is 1.78. The Kier molecular flexibility index (Phi) is 6.98. The van der Waals surface area contributed by atoms with Crippen molar-refractivity contribution in [3.63, 3.8) is 0 Å². The first-order valence-corrected chi connectivity index (χ1v) is 10.5. The van der Waals surface area contributed by atoms with Crippen LogP contribution in [-0.4, -0.2) is 42.7 Å². The van der Waals surface area contributed by atoms with Gasteiger partial charge in [-0.25, -0.2) is 4.98 Å². The largest absolute Gasteiger partial charge is 0.456 e. The third-order valence-corrected chi connectivity index (χ3v) is 5.61. The number of nitrogens with zero attached hydrogens (tertiary/aromatic N) is 2. The minimum absolute atomic E-state index is 0.0177. The van der Waals surface area contributed by atoms with E-state index in [2.05, 4.69) is 20.9 Å². The fraction of sp³-hybridized carbons (Fsp3) is 0.421. The molecule has 1 aliphatic rings. The lowest BCUT2D eigenvalue weighted by molar-refractivity contribution is -0.147. The number of anilines is 1. The number of carbonyl (C=O) groups excluding carboxylic acids is 2. The maximum absolute atomic E-state index is 12.7. The first-order valence-electron chi connectivity index (χ1n) is 8.86. The van der Waals surface area contributed by atoms with Crippen molar-refractivity contribution in [2.24, 2.45) is 0 Å². The zero-order chi connectivity index (χ0) is 19.2. The number of hydrogen-bond donors (Lipinski definition) is 0. The molecule has 1 saturated heterocycles. The molecule has 2 heterocycles. The normalized spacial score (nSPS) is 16.3. The lowest BCUT2D eigenvalue weighted by Gasteiger charge is -2.22. The summed E-state index contributed by atoms with van der Waals surface area (Å²) < 4.78 is 11.7. The number of hydrogen-bond acceptors (Lipinski definition) is 6. The minimum atomic E-state index is -0.393. The third kappa shape index (κ3) is 5.37. The summed E-state index contributed by atoms with van der Waals surface area (Å²) in [7, 11) is 0. The van der Waals surface area contributed by atoms with Gasteiger partial charge >= 0.3 is 5.97 Å². The van der Waals surface area contributed by atoms with E-state index >= 15 is 0 Å². The molecule has 1 amide bonds. The topological polar surface area (TPSA) is 68.7 Å². The molecule has 0 saturated carbocycles. The van der Waals surface area contributed by atoms with Crippen LogP contribution in [0.25, 0.3) is 11.3 Å². The summed E-state index contributed by atoms with van der Waals surface area (Å²) >= 11 is 4.82. The molecule has 8 heteroatoms. The van der Waals surface area contributed by atoms with Gasteiger partial charge in [0.25, 0.3) is 5.91 Å². The van der Waals surface area contributed by atoms with Crippen LogP contribution in [0.5, 0.6) is 0 Å². The minimum Gasteiger partial charge on any atom is -0.456 e. The zero-order valence-electron chi connectivity index (χ0n) is 15.0. The molecule has 1 aromatic heterocycles. The highest BCUT2D eigenvalue weighted by Crippen LogP contribution is 2.29. The Labute approximate surface area is 170 Å². The summed E-state index contributed by atoms with van der Waals surface area (Å²) in [5, 5.41) is 2.51. The highest BCUT2D eigenvalue weighted by atomic mass is 79.9. The Balaban J connectivity index is 1.77. The van der Waals surface area contributed by atoms with Crippen LogP contribution in [0.4, 0.5) is 5.13 Å². The molecule has 2 aromatic rings. The molecule has 6 nitrogen and oxygen atoms in total. The quantitative estimate of drug-likeness (QED) is 0.592. The van der Waals surface area contributed by atoms with E-state index in [1.165, 1.54) is 11.3 Å². The lowest BCUT2D eigenvalue weighted by Crippen LogP contribution is -2.40. The summed E-state index contributed by atoms with van der Waals surface area (Å²) in [5.74, 6) is -0.681. The van der Waals surface area contributed by atoms with Gasteiger partial charge in [0.2, 0.25) is 0 Å². The molecular formula is C19H21BrN2O4S. The molecule has 0 unspecified atom stereocenters. The highest BCUT2D eigenvalue weighted by Gasteiger charge is 2.26. The van der Waals surface area contributed by atoms with E-state index in [4.69, 9.17) is 9.47 Å². The fourth-order valence-electron chi connectivity index (χ4n) is 2.74. The molecule has 27 heavy (non-hydrogen) atoms. The molecule has 1 aliphatic heterocycles. The van der Waals surface area contributed by atoms with E-state index in [1.54, 1.807) is 11.8 Å².